The summed E-state index contributed by atoms with van der Waals surface area (Å²) >= 11 is 5.91. The van der Waals surface area contributed by atoms with Gasteiger partial charge in [-0.25, -0.2) is 4.39 Å². The lowest BCUT2D eigenvalue weighted by molar-refractivity contribution is 0.554. The predicted molar refractivity (Wildman–Crippen MR) is 65.2 cm³/mol. The van der Waals surface area contributed by atoms with Crippen molar-refractivity contribution < 1.29 is 4.39 Å². The monoisotopic (exact) mass is 251 g/mol. The lowest BCUT2D eigenvalue weighted by Gasteiger charge is -2.14. The predicted octanol–water partition coefficient (Wildman–Crippen LogP) is 4.01. The van der Waals surface area contributed by atoms with Gasteiger partial charge in [0.15, 0.2) is 0 Å². The van der Waals surface area contributed by atoms with Crippen molar-refractivity contribution in [3.05, 3.63) is 34.1 Å². The van der Waals surface area contributed by atoms with Gasteiger partial charge in [-0.2, -0.15) is 0 Å². The quantitative estimate of drug-likeness (QED) is 0.864. The molecule has 1 rings (SSSR count). The van der Waals surface area contributed by atoms with Crippen LogP contribution in [0.5, 0.6) is 0 Å². The second kappa shape index (κ2) is 6.31. The molecule has 0 saturated heterocycles. The van der Waals surface area contributed by atoms with E-state index in [1.165, 1.54) is 0 Å². The van der Waals surface area contributed by atoms with Gasteiger partial charge in [-0.15, -0.1) is 12.4 Å². The summed E-state index contributed by atoms with van der Waals surface area (Å²) in [5.74, 6) is -0.265. The topological polar surface area (TPSA) is 26.0 Å². The van der Waals surface area contributed by atoms with Crippen LogP contribution in [0.1, 0.15) is 36.9 Å². The molecule has 2 N–H and O–H groups in total. The van der Waals surface area contributed by atoms with Crippen LogP contribution >= 0.6 is 24.0 Å². The van der Waals surface area contributed by atoms with Crippen molar-refractivity contribution in [2.45, 2.75) is 32.7 Å². The van der Waals surface area contributed by atoms with Crippen LogP contribution in [0, 0.1) is 12.7 Å². The van der Waals surface area contributed by atoms with Gasteiger partial charge in [0.2, 0.25) is 0 Å². The molecule has 1 aromatic carbocycles. The highest BCUT2D eigenvalue weighted by Crippen LogP contribution is 2.28. The second-order valence-electron chi connectivity index (χ2n) is 3.49. The number of nitrogens with two attached hydrogens (primary N) is 1. The number of halogens is 3. The van der Waals surface area contributed by atoms with E-state index in [2.05, 4.69) is 0 Å². The molecule has 0 heterocycles. The molecule has 86 valence electrons. The Morgan fingerprint density at radius 3 is 2.60 bits per heavy atom. The molecule has 0 radical (unpaired) electrons. The number of hydrogen-bond donors (Lipinski definition) is 1. The number of aryl methyl sites for hydroxylation is 1. The van der Waals surface area contributed by atoms with E-state index in [9.17, 15) is 4.39 Å². The lowest BCUT2D eigenvalue weighted by atomic mass is 10.0. The summed E-state index contributed by atoms with van der Waals surface area (Å²) < 4.78 is 13.7. The van der Waals surface area contributed by atoms with Gasteiger partial charge < -0.3 is 5.73 Å². The summed E-state index contributed by atoms with van der Waals surface area (Å²) in [6, 6.07) is 3.07. The second-order valence-corrected chi connectivity index (χ2v) is 3.89. The van der Waals surface area contributed by atoms with Crippen molar-refractivity contribution in [1.29, 1.82) is 0 Å². The minimum absolute atomic E-state index is 0. The first-order chi connectivity index (χ1) is 6.57. The molecule has 0 aliphatic carbocycles. The Morgan fingerprint density at radius 2 is 2.07 bits per heavy atom. The first-order valence-electron chi connectivity index (χ1n) is 4.78. The number of benzene rings is 1. The Bertz CT molecular complexity index is 329. The van der Waals surface area contributed by atoms with Gasteiger partial charge in [-0.3, -0.25) is 0 Å². The van der Waals surface area contributed by atoms with Gasteiger partial charge in [0.05, 0.1) is 0 Å². The summed E-state index contributed by atoms with van der Waals surface area (Å²) in [5, 5.41) is 0.425. The maximum atomic E-state index is 13.7. The van der Waals surface area contributed by atoms with E-state index in [0.717, 1.165) is 12.8 Å². The molecule has 0 unspecified atom stereocenters. The molecule has 0 aromatic heterocycles. The van der Waals surface area contributed by atoms with Gasteiger partial charge in [-0.1, -0.05) is 31.0 Å². The van der Waals surface area contributed by atoms with Gasteiger partial charge in [-0.05, 0) is 25.0 Å². The molecule has 1 nitrogen and oxygen atoms in total. The van der Waals surface area contributed by atoms with Crippen molar-refractivity contribution in [2.24, 2.45) is 5.73 Å². The van der Waals surface area contributed by atoms with Crippen LogP contribution in [-0.4, -0.2) is 0 Å². The zero-order valence-corrected chi connectivity index (χ0v) is 10.5. The average molecular weight is 252 g/mol. The van der Waals surface area contributed by atoms with Crippen molar-refractivity contribution in [3.8, 4) is 0 Å². The van der Waals surface area contributed by atoms with Crippen LogP contribution in [0.3, 0.4) is 0 Å². The lowest BCUT2D eigenvalue weighted by Crippen LogP contribution is -2.13. The van der Waals surface area contributed by atoms with Crippen LogP contribution in [0.4, 0.5) is 4.39 Å². The summed E-state index contributed by atoms with van der Waals surface area (Å²) in [5.41, 5.74) is 6.90. The highest BCUT2D eigenvalue weighted by Gasteiger charge is 2.16. The zero-order valence-electron chi connectivity index (χ0n) is 8.89. The SMILES string of the molecule is CCC[C@@H](N)c1c(Cl)ccc(C)c1F.Cl. The molecule has 4 heteroatoms. The Balaban J connectivity index is 0.00000196. The first kappa shape index (κ1) is 14.7. The summed E-state index contributed by atoms with van der Waals surface area (Å²) in [4.78, 5) is 0. The summed E-state index contributed by atoms with van der Waals surface area (Å²) in [6.07, 6.45) is 1.67. The summed E-state index contributed by atoms with van der Waals surface area (Å²) in [6.45, 7) is 3.73. The van der Waals surface area contributed by atoms with Crippen molar-refractivity contribution in [1.82, 2.24) is 0 Å². The average Bonchev–Trinajstić information content (AvgIpc) is 2.13. The molecule has 0 aliphatic heterocycles. The third kappa shape index (κ3) is 3.33. The van der Waals surface area contributed by atoms with Gasteiger partial charge in [0, 0.05) is 16.6 Å². The molecule has 1 atom stereocenters. The molecule has 0 spiro atoms. The normalized spacial score (nSPS) is 12.1. The van der Waals surface area contributed by atoms with E-state index in [0.29, 0.717) is 16.1 Å². The Kier molecular flexibility index (Phi) is 6.18. The number of rotatable bonds is 3. The van der Waals surface area contributed by atoms with Gasteiger partial charge in [0.25, 0.3) is 0 Å². The van der Waals surface area contributed by atoms with Crippen LogP contribution in [-0.2, 0) is 0 Å². The zero-order chi connectivity index (χ0) is 10.7. The standard InChI is InChI=1S/C11H15ClFN.ClH/c1-3-4-9(14)10-8(12)6-5-7(2)11(10)13;/h5-6,9H,3-4,14H2,1-2H3;1H/t9-;/m1./s1. The Labute approximate surface area is 101 Å². The molecule has 0 amide bonds. The van der Waals surface area contributed by atoms with Crippen molar-refractivity contribution in [2.75, 3.05) is 0 Å². The van der Waals surface area contributed by atoms with E-state index in [-0.39, 0.29) is 24.3 Å². The molecule has 1 aromatic rings. The maximum Gasteiger partial charge on any atom is 0.132 e. The van der Waals surface area contributed by atoms with E-state index in [1.807, 2.05) is 6.92 Å². The van der Waals surface area contributed by atoms with E-state index < -0.39 is 0 Å². The minimum atomic E-state index is -0.299. The molecule has 0 aliphatic rings. The van der Waals surface area contributed by atoms with Crippen molar-refractivity contribution in [3.63, 3.8) is 0 Å². The highest BCUT2D eigenvalue weighted by atomic mass is 35.5. The molecular weight excluding hydrogens is 236 g/mol. The Morgan fingerprint density at radius 1 is 1.47 bits per heavy atom. The molecule has 0 bridgehead atoms. The van der Waals surface area contributed by atoms with Crippen molar-refractivity contribution >= 4 is 24.0 Å². The van der Waals surface area contributed by atoms with E-state index in [1.54, 1.807) is 19.1 Å². The third-order valence-corrected chi connectivity index (χ3v) is 2.62. The first-order valence-corrected chi connectivity index (χ1v) is 5.15. The van der Waals surface area contributed by atoms with Crippen LogP contribution < -0.4 is 5.73 Å². The third-order valence-electron chi connectivity index (χ3n) is 2.29. The minimum Gasteiger partial charge on any atom is -0.324 e. The fourth-order valence-electron chi connectivity index (χ4n) is 1.47. The number of hydrogen-bond acceptors (Lipinski definition) is 1. The maximum absolute atomic E-state index is 13.7. The smallest absolute Gasteiger partial charge is 0.132 e. The molecule has 15 heavy (non-hydrogen) atoms. The van der Waals surface area contributed by atoms with Crippen LogP contribution in [0.2, 0.25) is 5.02 Å². The fraction of sp³-hybridized carbons (Fsp3) is 0.455. The van der Waals surface area contributed by atoms with Gasteiger partial charge in [0.1, 0.15) is 5.82 Å². The molecule has 0 saturated carbocycles. The fourth-order valence-corrected chi connectivity index (χ4v) is 1.76. The van der Waals surface area contributed by atoms with Crippen LogP contribution in [0.25, 0.3) is 0 Å². The molecule has 0 fully saturated rings. The molecular formula is C11H16Cl2FN. The largest absolute Gasteiger partial charge is 0.324 e. The van der Waals surface area contributed by atoms with Gasteiger partial charge >= 0.3 is 0 Å². The van der Waals surface area contributed by atoms with E-state index in [4.69, 9.17) is 17.3 Å². The highest BCUT2D eigenvalue weighted by molar-refractivity contribution is 6.31. The van der Waals surface area contributed by atoms with Crippen LogP contribution in [0.15, 0.2) is 12.1 Å². The Hall–Kier alpha value is -0.310. The van der Waals surface area contributed by atoms with E-state index >= 15 is 0 Å². The summed E-state index contributed by atoms with van der Waals surface area (Å²) in [7, 11) is 0.